The third kappa shape index (κ3) is 4.86. The van der Waals surface area contributed by atoms with Crippen molar-refractivity contribution in [3.63, 3.8) is 0 Å². The first-order valence-corrected chi connectivity index (χ1v) is 13.1. The molecule has 0 unspecified atom stereocenters. The molecule has 0 radical (unpaired) electrons. The van der Waals surface area contributed by atoms with Crippen molar-refractivity contribution in [3.05, 3.63) is 59.8 Å². The van der Waals surface area contributed by atoms with Gasteiger partial charge in [-0.25, -0.2) is 23.1 Å². The highest BCUT2D eigenvalue weighted by molar-refractivity contribution is 7.90. The number of nitrogens with two attached hydrogens (primary N) is 1. The molecule has 1 aliphatic rings. The minimum atomic E-state index is -4.24. The Kier molecular flexibility index (Phi) is 6.66. The molecule has 2 aromatic heterocycles. The van der Waals surface area contributed by atoms with E-state index in [4.69, 9.17) is 15.5 Å². The topological polar surface area (TPSA) is 128 Å². The van der Waals surface area contributed by atoms with E-state index in [1.54, 1.807) is 19.2 Å². The van der Waals surface area contributed by atoms with E-state index in [9.17, 15) is 13.2 Å². The Bertz CT molecular complexity index is 1420. The van der Waals surface area contributed by atoms with Crippen LogP contribution in [0.4, 0.5) is 11.6 Å². The Morgan fingerprint density at radius 3 is 2.58 bits per heavy atom. The monoisotopic (exact) mass is 509 g/mol. The molecular formula is C26H31N5O4S. The number of hydrogen-bond donors (Lipinski definition) is 2. The molecule has 3 heterocycles. The van der Waals surface area contributed by atoms with Gasteiger partial charge < -0.3 is 15.4 Å². The number of carbonyl (C=O) groups is 1. The van der Waals surface area contributed by atoms with E-state index >= 15 is 0 Å². The van der Waals surface area contributed by atoms with E-state index < -0.39 is 15.9 Å². The maximum Gasteiger partial charge on any atom is 0.268 e. The van der Waals surface area contributed by atoms with Crippen LogP contribution in [0.15, 0.2) is 53.6 Å². The second-order valence-corrected chi connectivity index (χ2v) is 11.5. The van der Waals surface area contributed by atoms with Gasteiger partial charge in [-0.15, -0.1) is 0 Å². The molecule has 0 spiro atoms. The molecule has 0 saturated carbocycles. The van der Waals surface area contributed by atoms with Gasteiger partial charge in [-0.05, 0) is 81.1 Å². The number of rotatable bonds is 6. The number of hydrogen-bond acceptors (Lipinski definition) is 8. The van der Waals surface area contributed by atoms with E-state index in [0.29, 0.717) is 24.0 Å². The second-order valence-electron chi connectivity index (χ2n) is 9.80. The fourth-order valence-corrected chi connectivity index (χ4v) is 5.90. The maximum absolute atomic E-state index is 13.4. The molecule has 1 fully saturated rings. The zero-order valence-electron chi connectivity index (χ0n) is 21.1. The van der Waals surface area contributed by atoms with Gasteiger partial charge in [0.2, 0.25) is 0 Å². The molecule has 1 saturated heterocycles. The van der Waals surface area contributed by atoms with Gasteiger partial charge >= 0.3 is 0 Å². The third-order valence-corrected chi connectivity index (χ3v) is 7.85. The highest BCUT2D eigenvalue weighted by Crippen LogP contribution is 2.39. The zero-order valence-corrected chi connectivity index (χ0v) is 21.9. The first-order chi connectivity index (χ1) is 16.9. The summed E-state index contributed by atoms with van der Waals surface area (Å²) in [5.74, 6) is 0.582. The van der Waals surface area contributed by atoms with Gasteiger partial charge in [0.25, 0.3) is 15.9 Å². The first-order valence-electron chi connectivity index (χ1n) is 11.6. The maximum atomic E-state index is 13.4. The minimum Gasteiger partial charge on any atom is -0.497 e. The van der Waals surface area contributed by atoms with E-state index in [2.05, 4.69) is 35.4 Å². The number of pyridine rings is 2. The number of benzene rings is 1. The van der Waals surface area contributed by atoms with Crippen molar-refractivity contribution >= 4 is 27.6 Å². The molecule has 3 aromatic rings. The lowest BCUT2D eigenvalue weighted by Crippen LogP contribution is -2.41. The Morgan fingerprint density at radius 2 is 1.97 bits per heavy atom. The fourth-order valence-electron chi connectivity index (χ4n) is 4.85. The first kappa shape index (κ1) is 25.4. The molecule has 190 valence electrons. The number of carbonyl (C=O) groups excluding carboxylic acids is 1. The van der Waals surface area contributed by atoms with Crippen LogP contribution in [0.5, 0.6) is 5.75 Å². The summed E-state index contributed by atoms with van der Waals surface area (Å²) < 4.78 is 33.4. The van der Waals surface area contributed by atoms with Crippen molar-refractivity contribution in [1.82, 2.24) is 14.7 Å². The van der Waals surface area contributed by atoms with E-state index in [1.165, 1.54) is 18.3 Å². The highest BCUT2D eigenvalue weighted by Gasteiger charge is 2.39. The molecule has 3 N–H and O–H groups in total. The number of nitrogens with one attached hydrogen (secondary N) is 1. The van der Waals surface area contributed by atoms with E-state index in [-0.39, 0.29) is 21.8 Å². The van der Waals surface area contributed by atoms with Crippen LogP contribution in [-0.4, -0.2) is 43.5 Å². The Hall–Kier alpha value is -3.66. The van der Waals surface area contributed by atoms with Gasteiger partial charge in [0.15, 0.2) is 0 Å². The summed E-state index contributed by atoms with van der Waals surface area (Å²) in [6.07, 6.45) is 2.29. The summed E-state index contributed by atoms with van der Waals surface area (Å²) in [6.45, 7) is 8.99. The molecule has 1 atom stereocenters. The van der Waals surface area contributed by atoms with Crippen LogP contribution in [0.2, 0.25) is 0 Å². The standard InChI is InChI=1S/C26H31N5O4S/c1-16-14-26(3,4)31(15-16)24-20(25(32)30-36(33,34)22-7-6-12-28-23(22)27)10-11-21(29-24)19-9-8-18(35-5)13-17(19)2/h6-13,16H,14-15H2,1-5H3,(H2,27,28)(H,30,32)/t16-/m0/s1. The number of amides is 1. The number of methoxy groups -OCH3 is 1. The summed E-state index contributed by atoms with van der Waals surface area (Å²) in [6, 6.07) is 11.8. The Balaban J connectivity index is 1.80. The van der Waals surface area contributed by atoms with Crippen molar-refractivity contribution in [1.29, 1.82) is 0 Å². The van der Waals surface area contributed by atoms with E-state index in [1.807, 2.05) is 25.1 Å². The lowest BCUT2D eigenvalue weighted by molar-refractivity contribution is 0.0981. The lowest BCUT2D eigenvalue weighted by Gasteiger charge is -2.34. The molecule has 4 rings (SSSR count). The van der Waals surface area contributed by atoms with E-state index in [0.717, 1.165) is 23.3 Å². The average molecular weight is 510 g/mol. The molecular weight excluding hydrogens is 478 g/mol. The zero-order chi connectivity index (χ0) is 26.3. The van der Waals surface area contributed by atoms with Crippen LogP contribution < -0.4 is 20.1 Å². The van der Waals surface area contributed by atoms with Crippen LogP contribution in [0, 0.1) is 12.8 Å². The molecule has 1 amide bonds. The normalized spacial score (nSPS) is 17.1. The average Bonchev–Trinajstić information content (AvgIpc) is 3.10. The van der Waals surface area contributed by atoms with Crippen molar-refractivity contribution < 1.29 is 17.9 Å². The predicted molar refractivity (Wildman–Crippen MR) is 139 cm³/mol. The number of sulfonamides is 1. The smallest absolute Gasteiger partial charge is 0.268 e. The van der Waals surface area contributed by atoms with Gasteiger partial charge in [-0.2, -0.15) is 0 Å². The summed E-state index contributed by atoms with van der Waals surface area (Å²) in [5.41, 5.74) is 8.18. The summed E-state index contributed by atoms with van der Waals surface area (Å²) in [4.78, 5) is 23.9. The number of nitrogens with zero attached hydrogens (tertiary/aromatic N) is 3. The number of aryl methyl sites for hydroxylation is 1. The number of nitrogen functional groups attached to an aromatic ring is 1. The largest absolute Gasteiger partial charge is 0.497 e. The van der Waals surface area contributed by atoms with Crippen LogP contribution in [-0.2, 0) is 10.0 Å². The van der Waals surface area contributed by atoms with Crippen LogP contribution in [0.1, 0.15) is 43.1 Å². The number of anilines is 2. The molecule has 9 nitrogen and oxygen atoms in total. The Morgan fingerprint density at radius 1 is 1.22 bits per heavy atom. The van der Waals surface area contributed by atoms with Crippen LogP contribution >= 0.6 is 0 Å². The molecule has 10 heteroatoms. The van der Waals surface area contributed by atoms with Crippen molar-refractivity contribution in [3.8, 4) is 17.0 Å². The van der Waals surface area contributed by atoms with Crippen LogP contribution in [0.3, 0.4) is 0 Å². The van der Waals surface area contributed by atoms with Gasteiger partial charge in [0, 0.05) is 23.8 Å². The fraction of sp³-hybridized carbons (Fsp3) is 0.346. The van der Waals surface area contributed by atoms with Gasteiger partial charge in [0.1, 0.15) is 22.3 Å². The lowest BCUT2D eigenvalue weighted by atomic mass is 9.97. The highest BCUT2D eigenvalue weighted by atomic mass is 32.2. The van der Waals surface area contributed by atoms with Gasteiger partial charge in [-0.1, -0.05) is 6.92 Å². The number of aromatic nitrogens is 2. The molecule has 0 aliphatic carbocycles. The molecule has 0 bridgehead atoms. The van der Waals surface area contributed by atoms with Gasteiger partial charge in [0.05, 0.1) is 18.4 Å². The molecule has 36 heavy (non-hydrogen) atoms. The SMILES string of the molecule is COc1ccc(-c2ccc(C(=O)NS(=O)(=O)c3cccnc3N)c(N3C[C@@H](C)CC3(C)C)n2)c(C)c1. The van der Waals surface area contributed by atoms with Crippen molar-refractivity contribution in [2.75, 3.05) is 24.3 Å². The summed E-state index contributed by atoms with van der Waals surface area (Å²) in [5, 5.41) is 0. The third-order valence-electron chi connectivity index (χ3n) is 6.47. The van der Waals surface area contributed by atoms with Crippen LogP contribution in [0.25, 0.3) is 11.3 Å². The summed E-state index contributed by atoms with van der Waals surface area (Å²) in [7, 11) is -2.63. The van der Waals surface area contributed by atoms with Crippen molar-refractivity contribution in [2.24, 2.45) is 5.92 Å². The second kappa shape index (κ2) is 9.42. The van der Waals surface area contributed by atoms with Gasteiger partial charge in [-0.3, -0.25) is 4.79 Å². The predicted octanol–water partition coefficient (Wildman–Crippen LogP) is 3.79. The Labute approximate surface area is 211 Å². The summed E-state index contributed by atoms with van der Waals surface area (Å²) >= 11 is 0. The quantitative estimate of drug-likeness (QED) is 0.514. The van der Waals surface area contributed by atoms with Crippen molar-refractivity contribution in [2.45, 2.75) is 44.6 Å². The minimum absolute atomic E-state index is 0.165. The molecule has 1 aliphatic heterocycles. The molecule has 1 aromatic carbocycles. The number of ether oxygens (including phenoxy) is 1.